The van der Waals surface area contributed by atoms with Gasteiger partial charge in [-0.1, -0.05) is 127 Å². The number of aromatic nitrogens is 2. The van der Waals surface area contributed by atoms with Crippen molar-refractivity contribution >= 4 is 50.2 Å². The van der Waals surface area contributed by atoms with Crippen LogP contribution in [0.1, 0.15) is 11.3 Å². The summed E-state index contributed by atoms with van der Waals surface area (Å²) in [6, 6.07) is 69.2. The quantitative estimate of drug-likeness (QED) is 0.164. The van der Waals surface area contributed by atoms with Crippen molar-refractivity contribution in [1.82, 2.24) is 9.55 Å². The molecule has 0 bridgehead atoms. The van der Waals surface area contributed by atoms with E-state index in [0.717, 1.165) is 56.4 Å². The predicted octanol–water partition coefficient (Wildman–Crippen LogP) is 13.7. The molecule has 0 spiro atoms. The molecule has 2 aromatic heterocycles. The molecule has 8 aromatic carbocycles. The van der Waals surface area contributed by atoms with E-state index in [9.17, 15) is 0 Å². The van der Waals surface area contributed by atoms with E-state index < -0.39 is 0 Å². The van der Waals surface area contributed by atoms with Crippen LogP contribution in [-0.2, 0) is 6.42 Å². The van der Waals surface area contributed by atoms with Crippen molar-refractivity contribution in [3.05, 3.63) is 211 Å². The second-order valence-electron chi connectivity index (χ2n) is 14.8. The van der Waals surface area contributed by atoms with E-state index in [4.69, 9.17) is 9.40 Å². The van der Waals surface area contributed by atoms with Gasteiger partial charge in [0.25, 0.3) is 0 Å². The van der Waals surface area contributed by atoms with Crippen molar-refractivity contribution in [3.63, 3.8) is 0 Å². The monoisotopic (exact) mass is 731 g/mol. The first-order chi connectivity index (χ1) is 28.2. The van der Waals surface area contributed by atoms with E-state index in [0.29, 0.717) is 5.89 Å². The van der Waals surface area contributed by atoms with Crippen molar-refractivity contribution in [1.29, 1.82) is 0 Å². The maximum atomic E-state index is 6.34. The Labute approximate surface area is 331 Å². The fourth-order valence-electron chi connectivity index (χ4n) is 8.64. The van der Waals surface area contributed by atoms with E-state index >= 15 is 0 Å². The molecule has 2 heterocycles. The van der Waals surface area contributed by atoms with Crippen LogP contribution in [0.25, 0.3) is 78.2 Å². The van der Waals surface area contributed by atoms with Crippen LogP contribution < -0.4 is 4.90 Å². The van der Waals surface area contributed by atoms with Gasteiger partial charge in [-0.2, -0.15) is 0 Å². The van der Waals surface area contributed by atoms with Gasteiger partial charge in [-0.3, -0.25) is 0 Å². The number of oxazole rings is 1. The molecule has 0 N–H and O–H groups in total. The minimum absolute atomic E-state index is 0.0927. The molecule has 4 nitrogen and oxygen atoms in total. The summed E-state index contributed by atoms with van der Waals surface area (Å²) in [6.45, 7) is 0. The van der Waals surface area contributed by atoms with Crippen molar-refractivity contribution < 1.29 is 4.42 Å². The molecule has 0 fully saturated rings. The number of anilines is 2. The van der Waals surface area contributed by atoms with E-state index in [1.54, 1.807) is 0 Å². The molecule has 57 heavy (non-hydrogen) atoms. The smallest absolute Gasteiger partial charge is 0.227 e. The maximum absolute atomic E-state index is 6.34. The molecule has 11 rings (SSSR count). The molecule has 0 radical (unpaired) electrons. The summed E-state index contributed by atoms with van der Waals surface area (Å²) in [5.41, 5.74) is 14.7. The van der Waals surface area contributed by atoms with Gasteiger partial charge in [0.15, 0.2) is 5.58 Å². The van der Waals surface area contributed by atoms with E-state index in [1.165, 1.54) is 39.0 Å². The van der Waals surface area contributed by atoms with Crippen LogP contribution >= 0.6 is 0 Å². The number of benzene rings is 8. The molecule has 0 saturated heterocycles. The predicted molar refractivity (Wildman–Crippen MR) is 236 cm³/mol. The molecule has 0 amide bonds. The minimum atomic E-state index is 0.0927. The third kappa shape index (κ3) is 5.82. The summed E-state index contributed by atoms with van der Waals surface area (Å²) < 4.78 is 8.75. The molecule has 1 aliphatic carbocycles. The molecule has 0 aliphatic heterocycles. The molecule has 1 aliphatic rings. The van der Waals surface area contributed by atoms with Crippen LogP contribution in [-0.4, -0.2) is 15.6 Å². The lowest BCUT2D eigenvalue weighted by Gasteiger charge is -2.34. The highest BCUT2D eigenvalue weighted by molar-refractivity contribution is 6.05. The molecule has 270 valence electrons. The first-order valence-corrected chi connectivity index (χ1v) is 19.5. The van der Waals surface area contributed by atoms with Gasteiger partial charge < -0.3 is 13.9 Å². The number of hydrogen-bond acceptors (Lipinski definition) is 3. The largest absolute Gasteiger partial charge is 0.435 e. The van der Waals surface area contributed by atoms with Gasteiger partial charge in [-0.25, -0.2) is 4.98 Å². The summed E-state index contributed by atoms with van der Waals surface area (Å²) in [7, 11) is 0. The zero-order valence-corrected chi connectivity index (χ0v) is 31.2. The van der Waals surface area contributed by atoms with Gasteiger partial charge in [0.1, 0.15) is 5.52 Å². The zero-order chi connectivity index (χ0) is 37.7. The molecule has 0 saturated carbocycles. The number of nitrogens with zero attached hydrogens (tertiary/aromatic N) is 3. The second-order valence-corrected chi connectivity index (χ2v) is 14.8. The molecule has 1 unspecified atom stereocenters. The number of para-hydroxylation sites is 2. The van der Waals surface area contributed by atoms with Crippen molar-refractivity contribution in [2.75, 3.05) is 4.90 Å². The van der Waals surface area contributed by atoms with Crippen LogP contribution in [0, 0.1) is 0 Å². The van der Waals surface area contributed by atoms with Crippen molar-refractivity contribution in [3.8, 4) is 39.4 Å². The number of rotatable bonds is 7. The van der Waals surface area contributed by atoms with Gasteiger partial charge in [0, 0.05) is 39.1 Å². The standard InChI is InChI=1S/C53H37N3O/c1-4-13-36(14-5-1)39-17-12-20-44(34-39)55(45-29-32-51-48(35-45)47-21-10-11-22-50(47)56(51)42-18-8-3-9-19-42)43-27-23-37(24-28-43)40-25-30-46-41(33-40)26-31-49-52(46)57-53(54-49)38-15-6-2-7-16-38/h1-34,45H,35H2. The minimum Gasteiger partial charge on any atom is -0.435 e. The van der Waals surface area contributed by atoms with Gasteiger partial charge >= 0.3 is 0 Å². The van der Waals surface area contributed by atoms with Crippen LogP contribution in [0.3, 0.4) is 0 Å². The second kappa shape index (κ2) is 13.7. The Kier molecular flexibility index (Phi) is 7.92. The van der Waals surface area contributed by atoms with Gasteiger partial charge in [0.05, 0.1) is 11.6 Å². The van der Waals surface area contributed by atoms with E-state index in [-0.39, 0.29) is 6.04 Å². The fourth-order valence-corrected chi connectivity index (χ4v) is 8.64. The Morgan fingerprint density at radius 2 is 1.19 bits per heavy atom. The lowest BCUT2D eigenvalue weighted by Crippen LogP contribution is -2.33. The average Bonchev–Trinajstić information content (AvgIpc) is 3.88. The zero-order valence-electron chi connectivity index (χ0n) is 31.2. The first kappa shape index (κ1) is 33.0. The Morgan fingerprint density at radius 3 is 2.00 bits per heavy atom. The Bertz CT molecular complexity index is 3090. The fraction of sp³-hybridized carbons (Fsp3) is 0.0377. The molecule has 1 atom stereocenters. The van der Waals surface area contributed by atoms with E-state index in [1.807, 2.05) is 30.3 Å². The van der Waals surface area contributed by atoms with Crippen molar-refractivity contribution in [2.24, 2.45) is 0 Å². The lowest BCUT2D eigenvalue weighted by molar-refractivity contribution is 0.623. The first-order valence-electron chi connectivity index (χ1n) is 19.5. The summed E-state index contributed by atoms with van der Waals surface area (Å²) in [4.78, 5) is 7.30. The van der Waals surface area contributed by atoms with Gasteiger partial charge in [0.2, 0.25) is 5.89 Å². The number of hydrogen-bond donors (Lipinski definition) is 0. The topological polar surface area (TPSA) is 34.2 Å². The summed E-state index contributed by atoms with van der Waals surface area (Å²) in [5, 5.41) is 3.48. The molecule has 10 aromatic rings. The normalized spacial score (nSPS) is 13.6. The maximum Gasteiger partial charge on any atom is 0.227 e. The number of fused-ring (bicyclic) bond motifs is 6. The third-order valence-corrected chi connectivity index (χ3v) is 11.4. The van der Waals surface area contributed by atoms with Gasteiger partial charge in [-0.15, -0.1) is 0 Å². The van der Waals surface area contributed by atoms with Crippen LogP contribution in [0.4, 0.5) is 11.4 Å². The van der Waals surface area contributed by atoms with Crippen molar-refractivity contribution in [2.45, 2.75) is 12.5 Å². The summed E-state index contributed by atoms with van der Waals surface area (Å²) >= 11 is 0. The Hall–Kier alpha value is -7.43. The average molecular weight is 732 g/mol. The lowest BCUT2D eigenvalue weighted by atomic mass is 9.94. The van der Waals surface area contributed by atoms with Crippen LogP contribution in [0.2, 0.25) is 0 Å². The van der Waals surface area contributed by atoms with Crippen LogP contribution in [0.5, 0.6) is 0 Å². The van der Waals surface area contributed by atoms with E-state index in [2.05, 4.69) is 185 Å². The molecule has 4 heteroatoms. The molecular weight excluding hydrogens is 695 g/mol. The Balaban J connectivity index is 0.980. The highest BCUT2D eigenvalue weighted by Crippen LogP contribution is 2.40. The summed E-state index contributed by atoms with van der Waals surface area (Å²) in [6.07, 6.45) is 5.60. The third-order valence-electron chi connectivity index (χ3n) is 11.4. The van der Waals surface area contributed by atoms with Gasteiger partial charge in [-0.05, 0) is 118 Å². The Morgan fingerprint density at radius 1 is 0.526 bits per heavy atom. The highest BCUT2D eigenvalue weighted by Gasteiger charge is 2.28. The highest BCUT2D eigenvalue weighted by atomic mass is 16.3. The van der Waals surface area contributed by atoms with Crippen LogP contribution in [0.15, 0.2) is 205 Å². The summed E-state index contributed by atoms with van der Waals surface area (Å²) in [5.74, 6) is 0.641. The molecular formula is C53H37N3O. The SMILES string of the molecule is C1=CC(N(c2ccc(-c3ccc4c(ccc5nc(-c6ccccc6)oc54)c3)cc2)c2cccc(-c3ccccc3)c2)Cc2c1n(-c1ccccc1)c1ccccc21.